The Hall–Kier alpha value is -3.44. The van der Waals surface area contributed by atoms with E-state index in [4.69, 9.17) is 16.3 Å². The molecule has 3 rings (SSSR count). The normalized spacial score (nSPS) is 11.7. The number of pyridine rings is 1. The van der Waals surface area contributed by atoms with E-state index in [2.05, 4.69) is 15.3 Å². The number of carbonyl (C=O) groups excluding carboxylic acids is 2. The van der Waals surface area contributed by atoms with Crippen LogP contribution in [0.15, 0.2) is 41.8 Å². The lowest BCUT2D eigenvalue weighted by Crippen LogP contribution is -2.29. The van der Waals surface area contributed by atoms with Crippen molar-refractivity contribution in [2.45, 2.75) is 40.2 Å². The summed E-state index contributed by atoms with van der Waals surface area (Å²) >= 11 is 6.43. The molecule has 2 heterocycles. The van der Waals surface area contributed by atoms with E-state index in [1.165, 1.54) is 12.1 Å². The van der Waals surface area contributed by atoms with Crippen molar-refractivity contribution in [2.75, 3.05) is 11.9 Å². The number of rotatable bonds is 9. The first-order chi connectivity index (χ1) is 16.6. The van der Waals surface area contributed by atoms with Crippen molar-refractivity contribution in [1.29, 1.82) is 0 Å². The number of nitrogens with one attached hydrogen (secondary N) is 2. The number of aromatic nitrogens is 3. The van der Waals surface area contributed by atoms with Crippen LogP contribution in [-0.2, 0) is 21.3 Å². The third-order valence-corrected chi connectivity index (χ3v) is 6.26. The molecule has 3 aromatic rings. The number of anilines is 1. The van der Waals surface area contributed by atoms with Crippen LogP contribution in [0, 0.1) is 6.92 Å². The van der Waals surface area contributed by atoms with E-state index in [0.29, 0.717) is 34.1 Å². The molecule has 1 aromatic carbocycles. The average molecular weight is 520 g/mol. The number of hydrogen-bond donors (Lipinski definition) is 2. The first-order valence-corrected chi connectivity index (χ1v) is 12.9. The van der Waals surface area contributed by atoms with Gasteiger partial charge in [-0.25, -0.2) is 27.9 Å². The van der Waals surface area contributed by atoms with Gasteiger partial charge in [-0.1, -0.05) is 37.1 Å². The fourth-order valence-electron chi connectivity index (χ4n) is 3.22. The van der Waals surface area contributed by atoms with E-state index in [9.17, 15) is 18.0 Å². The van der Waals surface area contributed by atoms with Crippen LogP contribution < -0.4 is 10.0 Å². The number of sulfonamides is 1. The van der Waals surface area contributed by atoms with Crippen LogP contribution in [0.5, 0.6) is 0 Å². The topological polar surface area (TPSA) is 132 Å². The van der Waals surface area contributed by atoms with Gasteiger partial charge in [0.1, 0.15) is 17.0 Å². The van der Waals surface area contributed by atoms with Crippen molar-refractivity contribution in [3.05, 3.63) is 63.9 Å². The van der Waals surface area contributed by atoms with E-state index >= 15 is 0 Å². The maximum atomic E-state index is 12.6. The van der Waals surface area contributed by atoms with Crippen LogP contribution in [0.1, 0.15) is 48.6 Å². The van der Waals surface area contributed by atoms with E-state index in [0.717, 1.165) is 17.4 Å². The minimum atomic E-state index is -3.93. The van der Waals surface area contributed by atoms with Gasteiger partial charge < -0.3 is 9.30 Å². The highest BCUT2D eigenvalue weighted by atomic mass is 35.5. The summed E-state index contributed by atoms with van der Waals surface area (Å²) in [6.07, 6.45) is 2.28. The van der Waals surface area contributed by atoms with Gasteiger partial charge in [-0.15, -0.1) is 0 Å². The Labute approximate surface area is 208 Å². The van der Waals surface area contributed by atoms with Crippen molar-refractivity contribution in [1.82, 2.24) is 19.3 Å². The molecule has 186 valence electrons. The molecular weight excluding hydrogens is 494 g/mol. The van der Waals surface area contributed by atoms with Crippen LogP contribution in [0.4, 0.5) is 10.5 Å². The van der Waals surface area contributed by atoms with Gasteiger partial charge in [-0.05, 0) is 50.1 Å². The minimum absolute atomic E-state index is 0.0637. The molecule has 0 aliphatic rings. The Morgan fingerprint density at radius 3 is 2.63 bits per heavy atom. The molecule has 12 heteroatoms. The molecular formula is C23H26ClN5O5S. The Balaban J connectivity index is 1.85. The number of amides is 2. The standard InChI is InChI=1S/C23H26ClN5O5S/c1-4-6-7-12-35(32,33)28-22(30)20-11-10-19-21(27-20)29(15(3)25-19)14-16-8-9-17(13-18(16)24)26-23(31)34-5-2/h7-13H,4-6,14H2,1-3H3,(H,26,31)(H,28,30)/b12-7+. The number of hydrogen-bond acceptors (Lipinski definition) is 7. The van der Waals surface area contributed by atoms with E-state index in [1.807, 2.05) is 11.6 Å². The monoisotopic (exact) mass is 519 g/mol. The Morgan fingerprint density at radius 2 is 1.94 bits per heavy atom. The van der Waals surface area contributed by atoms with Gasteiger partial charge >= 0.3 is 6.09 Å². The molecule has 0 unspecified atom stereocenters. The lowest BCUT2D eigenvalue weighted by molar-refractivity contribution is 0.0977. The second kappa shape index (κ2) is 11.3. The highest BCUT2D eigenvalue weighted by molar-refractivity contribution is 7.92. The third kappa shape index (κ3) is 6.80. The van der Waals surface area contributed by atoms with Crippen molar-refractivity contribution in [3.63, 3.8) is 0 Å². The van der Waals surface area contributed by atoms with Gasteiger partial charge in [0, 0.05) is 16.1 Å². The van der Waals surface area contributed by atoms with Gasteiger partial charge in [-0.2, -0.15) is 0 Å². The van der Waals surface area contributed by atoms with Crippen LogP contribution in [0.3, 0.4) is 0 Å². The highest BCUT2D eigenvalue weighted by Gasteiger charge is 2.18. The fourth-order valence-corrected chi connectivity index (χ4v) is 4.28. The first kappa shape index (κ1) is 26.2. The number of unbranched alkanes of at least 4 members (excludes halogenated alkanes) is 1. The van der Waals surface area contributed by atoms with Crippen LogP contribution in [0.2, 0.25) is 5.02 Å². The molecule has 0 bridgehead atoms. The SMILES string of the molecule is CCC/C=C/S(=O)(=O)NC(=O)c1ccc2nc(C)n(Cc3ccc(NC(=O)OCC)cc3Cl)c2n1. The molecule has 2 N–H and O–H groups in total. The lowest BCUT2D eigenvalue weighted by atomic mass is 10.2. The number of halogens is 1. The number of fused-ring (bicyclic) bond motifs is 1. The second-order valence-corrected chi connectivity index (χ2v) is 9.55. The Kier molecular flexibility index (Phi) is 8.47. The molecule has 0 saturated carbocycles. The Bertz CT molecular complexity index is 1380. The zero-order chi connectivity index (χ0) is 25.6. The summed E-state index contributed by atoms with van der Waals surface area (Å²) in [5.74, 6) is -0.212. The summed E-state index contributed by atoms with van der Waals surface area (Å²) in [6.45, 7) is 5.95. The molecule has 0 atom stereocenters. The van der Waals surface area contributed by atoms with Gasteiger partial charge in [0.05, 0.1) is 13.2 Å². The summed E-state index contributed by atoms with van der Waals surface area (Å²) in [5.41, 5.74) is 2.09. The predicted octanol–water partition coefficient (Wildman–Crippen LogP) is 4.38. The quantitative estimate of drug-likeness (QED) is 0.428. The summed E-state index contributed by atoms with van der Waals surface area (Å²) in [5, 5.41) is 3.97. The van der Waals surface area contributed by atoms with Crippen molar-refractivity contribution in [2.24, 2.45) is 0 Å². The number of imidazole rings is 1. The highest BCUT2D eigenvalue weighted by Crippen LogP contribution is 2.24. The van der Waals surface area contributed by atoms with Crippen molar-refractivity contribution in [3.8, 4) is 0 Å². The van der Waals surface area contributed by atoms with Crippen molar-refractivity contribution < 1.29 is 22.7 Å². The van der Waals surface area contributed by atoms with Gasteiger partial charge in [-0.3, -0.25) is 10.1 Å². The molecule has 35 heavy (non-hydrogen) atoms. The molecule has 0 radical (unpaired) electrons. The summed E-state index contributed by atoms with van der Waals surface area (Å²) in [6, 6.07) is 8.07. The lowest BCUT2D eigenvalue weighted by Gasteiger charge is -2.11. The van der Waals surface area contributed by atoms with E-state index in [-0.39, 0.29) is 18.8 Å². The van der Waals surface area contributed by atoms with Gasteiger partial charge in [0.25, 0.3) is 15.9 Å². The van der Waals surface area contributed by atoms with E-state index < -0.39 is 22.0 Å². The van der Waals surface area contributed by atoms with Crippen molar-refractivity contribution >= 4 is 50.5 Å². The summed E-state index contributed by atoms with van der Waals surface area (Å²) in [4.78, 5) is 33.0. The largest absolute Gasteiger partial charge is 0.450 e. The van der Waals surface area contributed by atoms with E-state index in [1.54, 1.807) is 42.7 Å². The van der Waals surface area contributed by atoms with Crippen LogP contribution in [-0.4, -0.2) is 41.6 Å². The number of nitrogens with zero attached hydrogens (tertiary/aromatic N) is 3. The fraction of sp³-hybridized carbons (Fsp3) is 0.304. The predicted molar refractivity (Wildman–Crippen MR) is 134 cm³/mol. The first-order valence-electron chi connectivity index (χ1n) is 10.9. The maximum absolute atomic E-state index is 12.6. The Morgan fingerprint density at radius 1 is 1.17 bits per heavy atom. The molecule has 0 fully saturated rings. The molecule has 10 nitrogen and oxygen atoms in total. The number of carbonyl (C=O) groups is 2. The molecule has 0 aliphatic carbocycles. The number of aryl methyl sites for hydroxylation is 1. The zero-order valence-corrected chi connectivity index (χ0v) is 21.1. The average Bonchev–Trinajstić information content (AvgIpc) is 3.09. The molecule has 0 aliphatic heterocycles. The summed E-state index contributed by atoms with van der Waals surface area (Å²) in [7, 11) is -3.93. The van der Waals surface area contributed by atoms with Crippen LogP contribution >= 0.6 is 11.6 Å². The number of ether oxygens (including phenoxy) is 1. The summed E-state index contributed by atoms with van der Waals surface area (Å²) < 4.78 is 32.9. The van der Waals surface area contributed by atoms with Gasteiger partial charge in [0.15, 0.2) is 5.65 Å². The minimum Gasteiger partial charge on any atom is -0.450 e. The third-order valence-electron chi connectivity index (χ3n) is 4.88. The maximum Gasteiger partial charge on any atom is 0.411 e. The second-order valence-electron chi connectivity index (χ2n) is 7.57. The van der Waals surface area contributed by atoms with Crippen LogP contribution in [0.25, 0.3) is 11.2 Å². The molecule has 0 spiro atoms. The number of allylic oxidation sites excluding steroid dienone is 1. The molecule has 0 saturated heterocycles. The smallest absolute Gasteiger partial charge is 0.411 e. The molecule has 2 aromatic heterocycles. The van der Waals surface area contributed by atoms with Gasteiger partial charge in [0.2, 0.25) is 0 Å². The zero-order valence-electron chi connectivity index (χ0n) is 19.5. The molecule has 2 amide bonds. The number of benzene rings is 1.